The van der Waals surface area contributed by atoms with Gasteiger partial charge in [0.2, 0.25) is 5.91 Å². The van der Waals surface area contributed by atoms with Crippen molar-refractivity contribution in [2.24, 2.45) is 11.7 Å². The highest BCUT2D eigenvalue weighted by Gasteiger charge is 2.25. The largest absolute Gasteiger partial charge is 0.493 e. The summed E-state index contributed by atoms with van der Waals surface area (Å²) in [5, 5.41) is 3.13. The first-order valence-corrected chi connectivity index (χ1v) is 8.29. The Morgan fingerprint density at radius 1 is 1.26 bits per heavy atom. The molecule has 0 heterocycles. The molecule has 0 saturated heterocycles. The summed E-state index contributed by atoms with van der Waals surface area (Å²) in [5.74, 6) is 1.32. The molecule has 23 heavy (non-hydrogen) atoms. The third-order valence-electron chi connectivity index (χ3n) is 4.63. The van der Waals surface area contributed by atoms with Crippen LogP contribution in [-0.4, -0.2) is 25.1 Å². The topological polar surface area (TPSA) is 64.3 Å². The number of ether oxygens (including phenoxy) is 1. The molecular formula is C18H29ClN2O2. The van der Waals surface area contributed by atoms with E-state index in [-0.39, 0.29) is 24.4 Å². The van der Waals surface area contributed by atoms with Crippen LogP contribution in [0, 0.1) is 19.8 Å². The van der Waals surface area contributed by atoms with E-state index in [1.54, 1.807) is 0 Å². The van der Waals surface area contributed by atoms with Crippen LogP contribution in [0.3, 0.4) is 0 Å². The van der Waals surface area contributed by atoms with E-state index in [0.29, 0.717) is 25.5 Å². The normalized spacial score (nSPS) is 20.5. The standard InChI is InChI=1S/C18H28N2O2.ClH/c1-13-7-8-16(11-14(13)2)22-10-9-18(21)20-17-6-4-3-5-15(17)12-19;/h7-8,11,15,17H,3-6,9-10,12,19H2,1-2H3,(H,20,21);1H. The molecule has 0 radical (unpaired) electrons. The number of amides is 1. The molecule has 2 unspecified atom stereocenters. The Kier molecular flexibility index (Phi) is 8.42. The second kappa shape index (κ2) is 9.78. The average molecular weight is 341 g/mol. The van der Waals surface area contributed by atoms with E-state index >= 15 is 0 Å². The number of benzene rings is 1. The van der Waals surface area contributed by atoms with Gasteiger partial charge in [-0.3, -0.25) is 4.79 Å². The Morgan fingerprint density at radius 3 is 2.70 bits per heavy atom. The molecule has 2 atom stereocenters. The predicted molar refractivity (Wildman–Crippen MR) is 96.2 cm³/mol. The van der Waals surface area contributed by atoms with Gasteiger partial charge < -0.3 is 15.8 Å². The maximum Gasteiger partial charge on any atom is 0.223 e. The van der Waals surface area contributed by atoms with Gasteiger partial charge in [-0.05, 0) is 62.4 Å². The van der Waals surface area contributed by atoms with E-state index in [2.05, 4.69) is 19.2 Å². The quantitative estimate of drug-likeness (QED) is 0.836. The molecule has 0 aromatic heterocycles. The average Bonchev–Trinajstić information content (AvgIpc) is 2.51. The summed E-state index contributed by atoms with van der Waals surface area (Å²) in [6.45, 7) is 5.20. The first-order valence-electron chi connectivity index (χ1n) is 8.29. The van der Waals surface area contributed by atoms with Gasteiger partial charge in [0.1, 0.15) is 5.75 Å². The van der Waals surface area contributed by atoms with E-state index in [1.165, 1.54) is 24.0 Å². The molecule has 0 spiro atoms. The third kappa shape index (κ3) is 6.04. The molecule has 1 aliphatic rings. The van der Waals surface area contributed by atoms with Gasteiger partial charge in [0, 0.05) is 6.04 Å². The van der Waals surface area contributed by atoms with Gasteiger partial charge in [-0.2, -0.15) is 0 Å². The van der Waals surface area contributed by atoms with E-state index in [9.17, 15) is 4.79 Å². The molecule has 1 saturated carbocycles. The highest BCUT2D eigenvalue weighted by atomic mass is 35.5. The maximum absolute atomic E-state index is 12.1. The molecule has 130 valence electrons. The van der Waals surface area contributed by atoms with E-state index in [4.69, 9.17) is 10.5 Å². The lowest BCUT2D eigenvalue weighted by Gasteiger charge is -2.31. The van der Waals surface area contributed by atoms with Crippen molar-refractivity contribution in [1.82, 2.24) is 5.32 Å². The number of hydrogen-bond acceptors (Lipinski definition) is 3. The number of carbonyl (C=O) groups is 1. The molecule has 0 aliphatic heterocycles. The highest BCUT2D eigenvalue weighted by molar-refractivity contribution is 5.85. The first-order chi connectivity index (χ1) is 10.6. The lowest BCUT2D eigenvalue weighted by molar-refractivity contribution is -0.122. The molecule has 0 bridgehead atoms. The zero-order chi connectivity index (χ0) is 15.9. The van der Waals surface area contributed by atoms with Gasteiger partial charge in [0.15, 0.2) is 0 Å². The summed E-state index contributed by atoms with van der Waals surface area (Å²) < 4.78 is 5.67. The Bertz CT molecular complexity index is 508. The van der Waals surface area contributed by atoms with Crippen LogP contribution in [-0.2, 0) is 4.79 Å². The fourth-order valence-electron chi connectivity index (χ4n) is 3.02. The minimum Gasteiger partial charge on any atom is -0.493 e. The molecule has 1 aliphatic carbocycles. The van der Waals surface area contributed by atoms with Crippen molar-refractivity contribution in [3.8, 4) is 5.75 Å². The molecule has 4 nitrogen and oxygen atoms in total. The van der Waals surface area contributed by atoms with Gasteiger partial charge in [0.25, 0.3) is 0 Å². The molecule has 1 fully saturated rings. The second-order valence-electron chi connectivity index (χ2n) is 6.30. The summed E-state index contributed by atoms with van der Waals surface area (Å²) >= 11 is 0. The summed E-state index contributed by atoms with van der Waals surface area (Å²) in [6.07, 6.45) is 4.97. The minimum absolute atomic E-state index is 0. The van der Waals surface area contributed by atoms with Gasteiger partial charge >= 0.3 is 0 Å². The SMILES string of the molecule is Cc1ccc(OCCC(=O)NC2CCCCC2CN)cc1C.Cl. The molecule has 5 heteroatoms. The van der Waals surface area contributed by atoms with Crippen molar-refractivity contribution in [3.63, 3.8) is 0 Å². The number of halogens is 1. The minimum atomic E-state index is 0. The van der Waals surface area contributed by atoms with Gasteiger partial charge in [-0.15, -0.1) is 12.4 Å². The van der Waals surface area contributed by atoms with Crippen molar-refractivity contribution in [2.75, 3.05) is 13.2 Å². The number of rotatable bonds is 6. The first kappa shape index (κ1) is 19.8. The van der Waals surface area contributed by atoms with Gasteiger partial charge in [-0.25, -0.2) is 0 Å². The van der Waals surface area contributed by atoms with Crippen LogP contribution in [0.4, 0.5) is 0 Å². The Hall–Kier alpha value is -1.26. The molecule has 2 rings (SSSR count). The Morgan fingerprint density at radius 2 is 2.00 bits per heavy atom. The van der Waals surface area contributed by atoms with Gasteiger partial charge in [-0.1, -0.05) is 18.9 Å². The van der Waals surface area contributed by atoms with Crippen LogP contribution < -0.4 is 15.8 Å². The second-order valence-corrected chi connectivity index (χ2v) is 6.30. The highest BCUT2D eigenvalue weighted by Crippen LogP contribution is 2.23. The van der Waals surface area contributed by atoms with Crippen LogP contribution in [0.25, 0.3) is 0 Å². The number of aryl methyl sites for hydroxylation is 2. The summed E-state index contributed by atoms with van der Waals surface area (Å²) in [4.78, 5) is 12.1. The summed E-state index contributed by atoms with van der Waals surface area (Å²) in [6, 6.07) is 6.25. The number of nitrogens with one attached hydrogen (secondary N) is 1. The molecule has 1 aromatic carbocycles. The van der Waals surface area contributed by atoms with E-state index in [1.807, 2.05) is 18.2 Å². The fourth-order valence-corrected chi connectivity index (χ4v) is 3.02. The van der Waals surface area contributed by atoms with Crippen LogP contribution in [0.5, 0.6) is 5.75 Å². The van der Waals surface area contributed by atoms with Crippen molar-refractivity contribution in [1.29, 1.82) is 0 Å². The van der Waals surface area contributed by atoms with Crippen molar-refractivity contribution in [3.05, 3.63) is 29.3 Å². The Labute approximate surface area is 145 Å². The number of hydrogen-bond donors (Lipinski definition) is 2. The molecule has 1 aromatic rings. The molecular weight excluding hydrogens is 312 g/mol. The lowest BCUT2D eigenvalue weighted by atomic mass is 9.84. The molecule has 3 N–H and O–H groups in total. The van der Waals surface area contributed by atoms with Crippen molar-refractivity contribution < 1.29 is 9.53 Å². The van der Waals surface area contributed by atoms with Crippen LogP contribution >= 0.6 is 12.4 Å². The van der Waals surface area contributed by atoms with Crippen LogP contribution in [0.15, 0.2) is 18.2 Å². The van der Waals surface area contributed by atoms with Crippen LogP contribution in [0.2, 0.25) is 0 Å². The predicted octanol–water partition coefficient (Wildman–Crippen LogP) is 3.13. The Balaban J connectivity index is 0.00000264. The number of nitrogens with two attached hydrogens (primary N) is 1. The van der Waals surface area contributed by atoms with Gasteiger partial charge in [0.05, 0.1) is 13.0 Å². The van der Waals surface area contributed by atoms with Crippen molar-refractivity contribution in [2.45, 2.75) is 52.0 Å². The van der Waals surface area contributed by atoms with Crippen molar-refractivity contribution >= 4 is 18.3 Å². The smallest absolute Gasteiger partial charge is 0.223 e. The molecule has 1 amide bonds. The maximum atomic E-state index is 12.1. The lowest BCUT2D eigenvalue weighted by Crippen LogP contribution is -2.45. The van der Waals surface area contributed by atoms with E-state index in [0.717, 1.165) is 18.6 Å². The zero-order valence-electron chi connectivity index (χ0n) is 14.1. The fraction of sp³-hybridized carbons (Fsp3) is 0.611. The zero-order valence-corrected chi connectivity index (χ0v) is 15.0. The summed E-state index contributed by atoms with van der Waals surface area (Å²) in [7, 11) is 0. The third-order valence-corrected chi connectivity index (χ3v) is 4.63. The van der Waals surface area contributed by atoms with E-state index < -0.39 is 0 Å². The number of carbonyl (C=O) groups excluding carboxylic acids is 1. The summed E-state index contributed by atoms with van der Waals surface area (Å²) in [5.41, 5.74) is 8.25. The van der Waals surface area contributed by atoms with Crippen LogP contribution in [0.1, 0.15) is 43.2 Å². The monoisotopic (exact) mass is 340 g/mol.